The molecule has 5 rings (SSSR count). The Bertz CT molecular complexity index is 378. The molecule has 0 radical (unpaired) electrons. The highest BCUT2D eigenvalue weighted by molar-refractivity contribution is 5.81. The fraction of sp³-hybridized carbons (Fsp3) is 0.944. The molecule has 1 N–H and O–H groups in total. The summed E-state index contributed by atoms with van der Waals surface area (Å²) in [5.41, 5.74) is 0.480. The molecule has 1 heterocycles. The molecule has 4 bridgehead atoms. The SMILES string of the molecule is CN(CC12CC3CC(CC(C3)C1)C2)C(=O)[C@@H]1CCCCN1. The van der Waals surface area contributed by atoms with E-state index in [2.05, 4.69) is 17.3 Å². The third-order valence-corrected chi connectivity index (χ3v) is 6.72. The van der Waals surface area contributed by atoms with Crippen molar-refractivity contribution in [1.29, 1.82) is 0 Å². The number of hydrogen-bond acceptors (Lipinski definition) is 2. The molecule has 1 aliphatic heterocycles. The van der Waals surface area contributed by atoms with Gasteiger partial charge in [0.1, 0.15) is 0 Å². The van der Waals surface area contributed by atoms with E-state index in [-0.39, 0.29) is 6.04 Å². The molecule has 0 aromatic heterocycles. The van der Waals surface area contributed by atoms with Crippen LogP contribution >= 0.6 is 0 Å². The summed E-state index contributed by atoms with van der Waals surface area (Å²) < 4.78 is 0. The van der Waals surface area contributed by atoms with E-state index in [1.165, 1.54) is 51.4 Å². The summed E-state index contributed by atoms with van der Waals surface area (Å²) in [6.07, 6.45) is 12.1. The molecule has 3 heteroatoms. The highest BCUT2D eigenvalue weighted by Gasteiger charge is 2.51. The van der Waals surface area contributed by atoms with Crippen LogP contribution in [0.2, 0.25) is 0 Å². The van der Waals surface area contributed by atoms with Gasteiger partial charge in [-0.15, -0.1) is 0 Å². The number of likely N-dealkylation sites (N-methyl/N-ethyl adjacent to an activating group) is 1. The fourth-order valence-corrected chi connectivity index (χ4v) is 6.39. The van der Waals surface area contributed by atoms with Gasteiger partial charge in [-0.1, -0.05) is 6.42 Å². The first-order chi connectivity index (χ1) is 10.1. The zero-order valence-corrected chi connectivity index (χ0v) is 13.4. The summed E-state index contributed by atoms with van der Waals surface area (Å²) in [4.78, 5) is 14.8. The second kappa shape index (κ2) is 5.26. The summed E-state index contributed by atoms with van der Waals surface area (Å²) in [6, 6.07) is 0.0951. The van der Waals surface area contributed by atoms with Crippen LogP contribution in [0.1, 0.15) is 57.8 Å². The van der Waals surface area contributed by atoms with Crippen molar-refractivity contribution < 1.29 is 4.79 Å². The Hall–Kier alpha value is -0.570. The van der Waals surface area contributed by atoms with E-state index in [0.717, 1.165) is 37.3 Å². The molecule has 118 valence electrons. The molecule has 0 aromatic carbocycles. The van der Waals surface area contributed by atoms with Crippen molar-refractivity contribution in [3.63, 3.8) is 0 Å². The van der Waals surface area contributed by atoms with Crippen LogP contribution in [0.3, 0.4) is 0 Å². The second-order valence-corrected chi connectivity index (χ2v) is 8.61. The van der Waals surface area contributed by atoms with Gasteiger partial charge >= 0.3 is 0 Å². The quantitative estimate of drug-likeness (QED) is 0.867. The lowest BCUT2D eigenvalue weighted by Gasteiger charge is -2.57. The highest BCUT2D eigenvalue weighted by atomic mass is 16.2. The minimum absolute atomic E-state index is 0.0951. The minimum atomic E-state index is 0.0951. The first-order valence-electron chi connectivity index (χ1n) is 9.12. The van der Waals surface area contributed by atoms with Gasteiger partial charge in [0, 0.05) is 13.6 Å². The van der Waals surface area contributed by atoms with E-state index >= 15 is 0 Å². The van der Waals surface area contributed by atoms with Gasteiger partial charge in [-0.3, -0.25) is 4.79 Å². The summed E-state index contributed by atoms with van der Waals surface area (Å²) in [6.45, 7) is 2.04. The molecular weight excluding hydrogens is 260 g/mol. The highest BCUT2D eigenvalue weighted by Crippen LogP contribution is 2.60. The van der Waals surface area contributed by atoms with Gasteiger partial charge in [-0.05, 0) is 81.1 Å². The van der Waals surface area contributed by atoms with Gasteiger partial charge in [0.2, 0.25) is 5.91 Å². The normalized spacial score (nSPS) is 44.8. The van der Waals surface area contributed by atoms with E-state index < -0.39 is 0 Å². The van der Waals surface area contributed by atoms with E-state index in [0.29, 0.717) is 11.3 Å². The Labute approximate surface area is 128 Å². The molecule has 4 saturated carbocycles. The van der Waals surface area contributed by atoms with Gasteiger partial charge < -0.3 is 10.2 Å². The van der Waals surface area contributed by atoms with Gasteiger partial charge in [0.05, 0.1) is 6.04 Å². The molecule has 0 spiro atoms. The Kier molecular flexibility index (Phi) is 3.52. The molecule has 3 nitrogen and oxygen atoms in total. The van der Waals surface area contributed by atoms with Gasteiger partial charge in [0.15, 0.2) is 0 Å². The maximum absolute atomic E-state index is 12.7. The number of amides is 1. The Morgan fingerprint density at radius 1 is 1.10 bits per heavy atom. The Morgan fingerprint density at radius 3 is 2.24 bits per heavy atom. The van der Waals surface area contributed by atoms with Crippen LogP contribution in [0.25, 0.3) is 0 Å². The molecule has 21 heavy (non-hydrogen) atoms. The van der Waals surface area contributed by atoms with Crippen molar-refractivity contribution in [1.82, 2.24) is 10.2 Å². The third-order valence-electron chi connectivity index (χ3n) is 6.72. The zero-order valence-electron chi connectivity index (χ0n) is 13.4. The Morgan fingerprint density at radius 2 is 1.71 bits per heavy atom. The lowest BCUT2D eigenvalue weighted by Crippen LogP contribution is -2.54. The largest absolute Gasteiger partial charge is 0.344 e. The lowest BCUT2D eigenvalue weighted by molar-refractivity contribution is -0.138. The van der Waals surface area contributed by atoms with Crippen LogP contribution in [-0.2, 0) is 4.79 Å². The molecule has 1 amide bonds. The second-order valence-electron chi connectivity index (χ2n) is 8.61. The monoisotopic (exact) mass is 290 g/mol. The molecule has 0 unspecified atom stereocenters. The lowest BCUT2D eigenvalue weighted by atomic mass is 9.49. The molecular formula is C18H30N2O. The van der Waals surface area contributed by atoms with Crippen LogP contribution in [0.15, 0.2) is 0 Å². The number of rotatable bonds is 3. The van der Waals surface area contributed by atoms with Crippen LogP contribution in [-0.4, -0.2) is 37.0 Å². The molecule has 1 saturated heterocycles. The van der Waals surface area contributed by atoms with Crippen molar-refractivity contribution >= 4 is 5.91 Å². The number of carbonyl (C=O) groups excluding carboxylic acids is 1. The van der Waals surface area contributed by atoms with Crippen LogP contribution < -0.4 is 5.32 Å². The van der Waals surface area contributed by atoms with Gasteiger partial charge in [-0.25, -0.2) is 0 Å². The molecule has 4 aliphatic carbocycles. The van der Waals surface area contributed by atoms with Crippen molar-refractivity contribution in [2.75, 3.05) is 20.1 Å². The number of piperidine rings is 1. The molecule has 1 atom stereocenters. The number of hydrogen-bond donors (Lipinski definition) is 1. The topological polar surface area (TPSA) is 32.3 Å². The van der Waals surface area contributed by atoms with Gasteiger partial charge in [0.25, 0.3) is 0 Å². The van der Waals surface area contributed by atoms with E-state index in [1.54, 1.807) is 0 Å². The predicted octanol–water partition coefficient (Wildman–Crippen LogP) is 2.80. The maximum Gasteiger partial charge on any atom is 0.239 e. The van der Waals surface area contributed by atoms with Crippen LogP contribution in [0, 0.1) is 23.2 Å². The van der Waals surface area contributed by atoms with E-state index in [9.17, 15) is 4.79 Å². The molecule has 5 fully saturated rings. The standard InChI is InChI=1S/C18H30N2O/c1-20(17(21)16-4-2-3-5-19-16)12-18-9-13-6-14(10-18)8-15(7-13)11-18/h13-16,19H,2-12H2,1H3/t13?,14?,15?,16-,18?/m0/s1. The number of nitrogens with zero attached hydrogens (tertiary/aromatic N) is 1. The zero-order chi connectivity index (χ0) is 14.4. The minimum Gasteiger partial charge on any atom is -0.344 e. The van der Waals surface area contributed by atoms with Crippen molar-refractivity contribution in [2.45, 2.75) is 63.8 Å². The van der Waals surface area contributed by atoms with Crippen molar-refractivity contribution in [3.05, 3.63) is 0 Å². The average Bonchev–Trinajstić information content (AvgIpc) is 2.45. The summed E-state index contributed by atoms with van der Waals surface area (Å²) >= 11 is 0. The van der Waals surface area contributed by atoms with Crippen molar-refractivity contribution in [2.24, 2.45) is 23.2 Å². The van der Waals surface area contributed by atoms with Crippen LogP contribution in [0.4, 0.5) is 0 Å². The number of nitrogens with one attached hydrogen (secondary N) is 1. The van der Waals surface area contributed by atoms with Crippen LogP contribution in [0.5, 0.6) is 0 Å². The fourth-order valence-electron chi connectivity index (χ4n) is 6.39. The van der Waals surface area contributed by atoms with Crippen molar-refractivity contribution in [3.8, 4) is 0 Å². The molecule has 0 aromatic rings. The Balaban J connectivity index is 1.41. The average molecular weight is 290 g/mol. The maximum atomic E-state index is 12.7. The summed E-state index contributed by atoms with van der Waals surface area (Å²) in [5.74, 6) is 3.29. The predicted molar refractivity (Wildman–Crippen MR) is 83.9 cm³/mol. The van der Waals surface area contributed by atoms with E-state index in [4.69, 9.17) is 0 Å². The summed E-state index contributed by atoms with van der Waals surface area (Å²) in [7, 11) is 2.05. The van der Waals surface area contributed by atoms with Gasteiger partial charge in [-0.2, -0.15) is 0 Å². The molecule has 5 aliphatic rings. The first-order valence-corrected chi connectivity index (χ1v) is 9.12. The first kappa shape index (κ1) is 14.0. The third kappa shape index (κ3) is 2.62. The smallest absolute Gasteiger partial charge is 0.239 e. The van der Waals surface area contributed by atoms with E-state index in [1.807, 2.05) is 0 Å². The summed E-state index contributed by atoms with van der Waals surface area (Å²) in [5, 5.41) is 3.42. The number of carbonyl (C=O) groups is 1.